The number of aliphatic hydroxyl groups is 2. The fraction of sp³-hybridized carbons (Fsp3) is 0.500. The second kappa shape index (κ2) is 7.47. The van der Waals surface area contributed by atoms with Gasteiger partial charge < -0.3 is 25.9 Å². The van der Waals surface area contributed by atoms with Crippen LogP contribution in [0.3, 0.4) is 0 Å². The van der Waals surface area contributed by atoms with Crippen molar-refractivity contribution in [2.45, 2.75) is 12.2 Å². The van der Waals surface area contributed by atoms with E-state index < -0.39 is 24.1 Å². The Hall–Kier alpha value is -0.180. The van der Waals surface area contributed by atoms with E-state index in [2.05, 4.69) is 0 Å². The summed E-state index contributed by atoms with van der Waals surface area (Å²) in [4.78, 5) is 19.5. The molecule has 0 aliphatic carbocycles. The van der Waals surface area contributed by atoms with Crippen LogP contribution in [0.4, 0.5) is 0 Å². The summed E-state index contributed by atoms with van der Waals surface area (Å²) in [6.07, 6.45) is -4.53. The van der Waals surface area contributed by atoms with Gasteiger partial charge in [-0.3, -0.25) is 0 Å². The van der Waals surface area contributed by atoms with Gasteiger partial charge in [-0.1, -0.05) is 0 Å². The first kappa shape index (κ1) is 17.8. The molecule has 0 spiro atoms. The van der Waals surface area contributed by atoms with Crippen LogP contribution in [-0.4, -0.2) is 79.6 Å². The number of carbonyl (C=O) groups is 2. The average molecular weight is 192 g/mol. The van der Waals surface area contributed by atoms with Gasteiger partial charge in [-0.05, 0) is 0 Å². The molecule has 2 unspecified atom stereocenters. The van der Waals surface area contributed by atoms with Crippen LogP contribution < -0.4 is 0 Å². The monoisotopic (exact) mass is 192 g/mol. The third kappa shape index (κ3) is 5.47. The molecule has 6 N–H and O–H groups in total. The van der Waals surface area contributed by atoms with Gasteiger partial charge in [-0.25, -0.2) is 9.59 Å². The molecule has 0 aliphatic rings. The van der Waals surface area contributed by atoms with Crippen molar-refractivity contribution in [1.82, 2.24) is 0 Å². The quantitative estimate of drug-likeness (QED) is 0.340. The third-order valence-electron chi connectivity index (χ3n) is 0.805. The van der Waals surface area contributed by atoms with Crippen LogP contribution in [0.15, 0.2) is 0 Å². The maximum atomic E-state index is 9.77. The number of hydrogen-bond acceptors (Lipinski definition) is 4. The van der Waals surface area contributed by atoms with Gasteiger partial charge >= 0.3 is 41.5 Å². The fourth-order valence-corrected chi connectivity index (χ4v) is 0.270. The molecule has 8 heteroatoms. The summed E-state index contributed by atoms with van der Waals surface area (Å²) in [5.41, 5.74) is 0. The molecular weight excluding hydrogens is 183 g/mol. The molecule has 0 rings (SSSR count). The van der Waals surface area contributed by atoms with Gasteiger partial charge in [0.1, 0.15) is 0 Å². The Bertz CT molecular complexity index is 139. The molecule has 0 aromatic rings. The van der Waals surface area contributed by atoms with Gasteiger partial charge in [0.2, 0.25) is 0 Å². The van der Waals surface area contributed by atoms with Crippen LogP contribution in [0.25, 0.3) is 0 Å². The van der Waals surface area contributed by atoms with Crippen molar-refractivity contribution in [3.63, 3.8) is 0 Å². The average Bonchev–Trinajstić information content (AvgIpc) is 1.84. The SMILES string of the molecule is O.O=C(O)C(O)C(O)C(=O)O.[NaH]. The minimum absolute atomic E-state index is 0. The molecule has 0 aromatic heterocycles. The van der Waals surface area contributed by atoms with Crippen molar-refractivity contribution >= 4 is 41.5 Å². The molecule has 7 nitrogen and oxygen atoms in total. The minimum atomic E-state index is -2.27. The Labute approximate surface area is 89.2 Å². The summed E-state index contributed by atoms with van der Waals surface area (Å²) in [5, 5.41) is 32.5. The number of aliphatic carboxylic acids is 2. The van der Waals surface area contributed by atoms with Crippen molar-refractivity contribution in [3.8, 4) is 0 Å². The molecule has 0 fully saturated rings. The van der Waals surface area contributed by atoms with Crippen LogP contribution in [0.1, 0.15) is 0 Å². The van der Waals surface area contributed by atoms with Crippen LogP contribution in [0, 0.1) is 0 Å². The number of carboxylic acid groups (broad SMARTS) is 2. The van der Waals surface area contributed by atoms with Gasteiger partial charge in [0.15, 0.2) is 12.2 Å². The van der Waals surface area contributed by atoms with Crippen LogP contribution in [0.2, 0.25) is 0 Å². The maximum absolute atomic E-state index is 9.77. The molecule has 0 bridgehead atoms. The second-order valence-corrected chi connectivity index (χ2v) is 1.57. The van der Waals surface area contributed by atoms with Crippen molar-refractivity contribution < 1.29 is 35.5 Å². The molecular formula is C4H9NaO7. The predicted molar refractivity (Wildman–Crippen MR) is 38.0 cm³/mol. The molecule has 0 aromatic carbocycles. The van der Waals surface area contributed by atoms with Crippen molar-refractivity contribution in [1.29, 1.82) is 0 Å². The van der Waals surface area contributed by atoms with Gasteiger partial charge in [0.25, 0.3) is 0 Å². The van der Waals surface area contributed by atoms with E-state index in [1.54, 1.807) is 0 Å². The van der Waals surface area contributed by atoms with E-state index >= 15 is 0 Å². The van der Waals surface area contributed by atoms with Crippen LogP contribution >= 0.6 is 0 Å². The molecule has 2 atom stereocenters. The molecule has 0 radical (unpaired) electrons. The zero-order valence-corrected chi connectivity index (χ0v) is 5.26. The fourth-order valence-electron chi connectivity index (χ4n) is 0.270. The van der Waals surface area contributed by atoms with E-state index in [4.69, 9.17) is 20.4 Å². The number of aliphatic hydroxyl groups excluding tert-OH is 2. The summed E-state index contributed by atoms with van der Waals surface area (Å²) in [6.45, 7) is 0. The Kier molecular flexibility index (Phi) is 11.1. The summed E-state index contributed by atoms with van der Waals surface area (Å²) >= 11 is 0. The first-order valence-corrected chi connectivity index (χ1v) is 2.28. The summed E-state index contributed by atoms with van der Waals surface area (Å²) in [7, 11) is 0. The van der Waals surface area contributed by atoms with Crippen LogP contribution in [0.5, 0.6) is 0 Å². The first-order chi connectivity index (χ1) is 4.46. The third-order valence-corrected chi connectivity index (χ3v) is 0.805. The number of rotatable bonds is 3. The molecule has 12 heavy (non-hydrogen) atoms. The Morgan fingerprint density at radius 2 is 1.08 bits per heavy atom. The van der Waals surface area contributed by atoms with E-state index in [1.807, 2.05) is 0 Å². The van der Waals surface area contributed by atoms with Gasteiger partial charge in [-0.15, -0.1) is 0 Å². The Balaban J connectivity index is -0.000000405. The number of hydrogen-bond donors (Lipinski definition) is 4. The molecule has 0 amide bonds. The second-order valence-electron chi connectivity index (χ2n) is 1.57. The summed E-state index contributed by atoms with van der Waals surface area (Å²) in [6, 6.07) is 0. The Morgan fingerprint density at radius 1 is 0.917 bits per heavy atom. The Morgan fingerprint density at radius 3 is 1.17 bits per heavy atom. The molecule has 68 valence electrons. The van der Waals surface area contributed by atoms with Crippen molar-refractivity contribution in [2.24, 2.45) is 0 Å². The molecule has 0 saturated heterocycles. The topological polar surface area (TPSA) is 147 Å². The van der Waals surface area contributed by atoms with Gasteiger partial charge in [0.05, 0.1) is 0 Å². The zero-order valence-electron chi connectivity index (χ0n) is 5.26. The van der Waals surface area contributed by atoms with E-state index in [0.717, 1.165) is 0 Å². The van der Waals surface area contributed by atoms with Gasteiger partial charge in [0, 0.05) is 0 Å². The standard InChI is InChI=1S/C4H6O6.Na.H2O.H/c5-1(3(7)8)2(6)4(9)10;;;/h1-2,5-6H,(H,7,8)(H,9,10);;1H2;. The van der Waals surface area contributed by atoms with Crippen molar-refractivity contribution in [3.05, 3.63) is 0 Å². The van der Waals surface area contributed by atoms with E-state index in [9.17, 15) is 9.59 Å². The molecule has 0 heterocycles. The summed E-state index contributed by atoms with van der Waals surface area (Å²) in [5.74, 6) is -3.54. The normalized spacial score (nSPS) is 13.2. The van der Waals surface area contributed by atoms with E-state index in [0.29, 0.717) is 0 Å². The van der Waals surface area contributed by atoms with Gasteiger partial charge in [-0.2, -0.15) is 0 Å². The molecule has 0 saturated carbocycles. The summed E-state index contributed by atoms with van der Waals surface area (Å²) < 4.78 is 0. The van der Waals surface area contributed by atoms with E-state index in [-0.39, 0.29) is 35.0 Å². The zero-order chi connectivity index (χ0) is 8.31. The number of carboxylic acids is 2. The first-order valence-electron chi connectivity index (χ1n) is 2.28. The van der Waals surface area contributed by atoms with E-state index in [1.165, 1.54) is 0 Å². The van der Waals surface area contributed by atoms with Crippen molar-refractivity contribution in [2.75, 3.05) is 0 Å². The molecule has 0 aliphatic heterocycles. The predicted octanol–water partition coefficient (Wildman–Crippen LogP) is -3.60. The van der Waals surface area contributed by atoms with Crippen LogP contribution in [-0.2, 0) is 9.59 Å².